The number of benzene rings is 1. The predicted octanol–water partition coefficient (Wildman–Crippen LogP) is 1.64. The van der Waals surface area contributed by atoms with Gasteiger partial charge in [0.2, 0.25) is 0 Å². The lowest BCUT2D eigenvalue weighted by molar-refractivity contribution is -0.137. The second-order valence-corrected chi connectivity index (χ2v) is 3.69. The molecular formula is C11H10F3N3O. The molecule has 0 saturated heterocycles. The van der Waals surface area contributed by atoms with Crippen LogP contribution in [-0.2, 0) is 12.7 Å². The van der Waals surface area contributed by atoms with Crippen LogP contribution < -0.4 is 11.3 Å². The summed E-state index contributed by atoms with van der Waals surface area (Å²) in [6.45, 7) is 0.0724. The molecule has 0 aliphatic carbocycles. The highest BCUT2D eigenvalue weighted by Crippen LogP contribution is 2.29. The molecule has 0 bridgehead atoms. The average Bonchev–Trinajstić information content (AvgIpc) is 2.69. The molecule has 7 heteroatoms. The minimum absolute atomic E-state index is 0.0724. The number of nitrogens with one attached hydrogen (secondary N) is 1. The van der Waals surface area contributed by atoms with E-state index in [1.165, 1.54) is 18.3 Å². The maximum Gasteiger partial charge on any atom is 0.416 e. The number of H-pyrrole nitrogens is 1. The van der Waals surface area contributed by atoms with Crippen LogP contribution in [0, 0.1) is 0 Å². The molecular weight excluding hydrogens is 247 g/mol. The zero-order valence-electron chi connectivity index (χ0n) is 9.16. The summed E-state index contributed by atoms with van der Waals surface area (Å²) in [5.74, 6) is 0. The van der Waals surface area contributed by atoms with Crippen LogP contribution in [0.1, 0.15) is 11.1 Å². The van der Waals surface area contributed by atoms with E-state index < -0.39 is 11.7 Å². The Kier molecular flexibility index (Phi) is 3.00. The Morgan fingerprint density at radius 3 is 2.28 bits per heavy atom. The molecule has 96 valence electrons. The summed E-state index contributed by atoms with van der Waals surface area (Å²) in [7, 11) is 0. The fourth-order valence-electron chi connectivity index (χ4n) is 1.54. The van der Waals surface area contributed by atoms with E-state index in [0.29, 0.717) is 11.3 Å². The van der Waals surface area contributed by atoms with Crippen LogP contribution in [0.15, 0.2) is 35.3 Å². The van der Waals surface area contributed by atoms with Crippen LogP contribution in [0.2, 0.25) is 0 Å². The van der Waals surface area contributed by atoms with E-state index in [0.717, 1.165) is 16.8 Å². The standard InChI is InChI=1S/C11H10F3N3O/c12-11(13,14)8-1-3-9(4-2-8)17-10(18)7(5-15)6-16-17/h1-4,6,16H,5,15H2. The van der Waals surface area contributed by atoms with Crippen molar-refractivity contribution in [2.24, 2.45) is 5.73 Å². The normalized spacial score (nSPS) is 11.8. The van der Waals surface area contributed by atoms with Crippen molar-refractivity contribution < 1.29 is 13.2 Å². The number of nitrogens with zero attached hydrogens (tertiary/aromatic N) is 1. The first kappa shape index (κ1) is 12.4. The molecule has 0 atom stereocenters. The highest BCUT2D eigenvalue weighted by molar-refractivity contribution is 5.35. The molecule has 0 spiro atoms. The van der Waals surface area contributed by atoms with Gasteiger partial charge in [0.15, 0.2) is 0 Å². The van der Waals surface area contributed by atoms with Gasteiger partial charge in [-0.1, -0.05) is 0 Å². The quantitative estimate of drug-likeness (QED) is 0.859. The Labute approximate surface area is 99.8 Å². The highest BCUT2D eigenvalue weighted by atomic mass is 19.4. The molecule has 1 aromatic carbocycles. The maximum atomic E-state index is 12.4. The maximum absolute atomic E-state index is 12.4. The first-order valence-electron chi connectivity index (χ1n) is 5.10. The summed E-state index contributed by atoms with van der Waals surface area (Å²) in [5.41, 5.74) is 4.92. The van der Waals surface area contributed by atoms with Crippen molar-refractivity contribution in [1.29, 1.82) is 0 Å². The minimum Gasteiger partial charge on any atom is -0.326 e. The zero-order chi connectivity index (χ0) is 13.3. The van der Waals surface area contributed by atoms with Gasteiger partial charge >= 0.3 is 6.18 Å². The highest BCUT2D eigenvalue weighted by Gasteiger charge is 2.30. The van der Waals surface area contributed by atoms with Crippen LogP contribution in [0.4, 0.5) is 13.2 Å². The van der Waals surface area contributed by atoms with Crippen molar-refractivity contribution in [3.8, 4) is 5.69 Å². The third kappa shape index (κ3) is 2.17. The van der Waals surface area contributed by atoms with E-state index in [2.05, 4.69) is 5.10 Å². The average molecular weight is 257 g/mol. The minimum atomic E-state index is -4.39. The van der Waals surface area contributed by atoms with Crippen LogP contribution in [0.3, 0.4) is 0 Å². The summed E-state index contributed by atoms with van der Waals surface area (Å²) in [4.78, 5) is 11.7. The number of alkyl halides is 3. The Hall–Kier alpha value is -2.02. The largest absolute Gasteiger partial charge is 0.416 e. The topological polar surface area (TPSA) is 63.8 Å². The smallest absolute Gasteiger partial charge is 0.326 e. The molecule has 0 saturated carbocycles. The van der Waals surface area contributed by atoms with Crippen molar-refractivity contribution in [3.05, 3.63) is 51.9 Å². The fraction of sp³-hybridized carbons (Fsp3) is 0.182. The van der Waals surface area contributed by atoms with Gasteiger partial charge in [0.1, 0.15) is 0 Å². The van der Waals surface area contributed by atoms with Gasteiger partial charge in [-0.25, -0.2) is 4.68 Å². The molecule has 2 aromatic rings. The van der Waals surface area contributed by atoms with E-state index in [9.17, 15) is 18.0 Å². The van der Waals surface area contributed by atoms with Gasteiger partial charge in [0, 0.05) is 12.7 Å². The van der Waals surface area contributed by atoms with Gasteiger partial charge in [0.25, 0.3) is 5.56 Å². The molecule has 1 heterocycles. The number of hydrogen-bond acceptors (Lipinski definition) is 2. The molecule has 0 radical (unpaired) electrons. The third-order valence-corrected chi connectivity index (χ3v) is 2.52. The van der Waals surface area contributed by atoms with Crippen LogP contribution in [0.25, 0.3) is 5.69 Å². The summed E-state index contributed by atoms with van der Waals surface area (Å²) in [6.07, 6.45) is -2.96. The Morgan fingerprint density at radius 1 is 1.22 bits per heavy atom. The monoisotopic (exact) mass is 257 g/mol. The Bertz CT molecular complexity index is 595. The van der Waals surface area contributed by atoms with Gasteiger partial charge in [-0.05, 0) is 24.3 Å². The van der Waals surface area contributed by atoms with Crippen LogP contribution in [0.5, 0.6) is 0 Å². The molecule has 2 rings (SSSR count). The SMILES string of the molecule is NCc1c[nH]n(-c2ccc(C(F)(F)F)cc2)c1=O. The van der Waals surface area contributed by atoms with Crippen molar-refractivity contribution in [3.63, 3.8) is 0 Å². The molecule has 18 heavy (non-hydrogen) atoms. The van der Waals surface area contributed by atoms with E-state index in [-0.39, 0.29) is 12.1 Å². The van der Waals surface area contributed by atoms with E-state index in [1.54, 1.807) is 0 Å². The van der Waals surface area contributed by atoms with Gasteiger partial charge in [-0.2, -0.15) is 13.2 Å². The van der Waals surface area contributed by atoms with Crippen LogP contribution in [-0.4, -0.2) is 9.78 Å². The van der Waals surface area contributed by atoms with Crippen molar-refractivity contribution >= 4 is 0 Å². The lowest BCUT2D eigenvalue weighted by Crippen LogP contribution is -2.19. The summed E-state index contributed by atoms with van der Waals surface area (Å²) in [6, 6.07) is 4.29. The zero-order valence-corrected chi connectivity index (χ0v) is 9.16. The predicted molar refractivity (Wildman–Crippen MR) is 59.3 cm³/mol. The number of halogens is 3. The van der Waals surface area contributed by atoms with Crippen LogP contribution >= 0.6 is 0 Å². The van der Waals surface area contributed by atoms with Gasteiger partial charge in [0.05, 0.1) is 16.8 Å². The van der Waals surface area contributed by atoms with Gasteiger partial charge in [-0.15, -0.1) is 0 Å². The van der Waals surface area contributed by atoms with Crippen molar-refractivity contribution in [2.45, 2.75) is 12.7 Å². The molecule has 1 aromatic heterocycles. The summed E-state index contributed by atoms with van der Waals surface area (Å²) < 4.78 is 38.2. The molecule has 0 aliphatic heterocycles. The van der Waals surface area contributed by atoms with Gasteiger partial charge in [-0.3, -0.25) is 9.89 Å². The number of aromatic nitrogens is 2. The summed E-state index contributed by atoms with van der Waals surface area (Å²) in [5, 5.41) is 2.64. The number of aromatic amines is 1. The first-order chi connectivity index (χ1) is 8.43. The first-order valence-corrected chi connectivity index (χ1v) is 5.10. The number of hydrogen-bond donors (Lipinski definition) is 2. The second kappa shape index (κ2) is 4.34. The number of nitrogens with two attached hydrogens (primary N) is 1. The molecule has 0 aliphatic rings. The summed E-state index contributed by atoms with van der Waals surface area (Å²) >= 11 is 0. The lowest BCUT2D eigenvalue weighted by Gasteiger charge is -2.07. The van der Waals surface area contributed by atoms with Gasteiger partial charge < -0.3 is 5.73 Å². The lowest BCUT2D eigenvalue weighted by atomic mass is 10.2. The molecule has 3 N–H and O–H groups in total. The molecule has 4 nitrogen and oxygen atoms in total. The Balaban J connectivity index is 2.41. The van der Waals surface area contributed by atoms with E-state index >= 15 is 0 Å². The number of rotatable bonds is 2. The third-order valence-electron chi connectivity index (χ3n) is 2.52. The van der Waals surface area contributed by atoms with Crippen molar-refractivity contribution in [2.75, 3.05) is 0 Å². The second-order valence-electron chi connectivity index (χ2n) is 3.69. The van der Waals surface area contributed by atoms with E-state index in [1.807, 2.05) is 0 Å². The molecule has 0 amide bonds. The molecule has 0 unspecified atom stereocenters. The van der Waals surface area contributed by atoms with E-state index in [4.69, 9.17) is 5.73 Å². The van der Waals surface area contributed by atoms with Crippen molar-refractivity contribution in [1.82, 2.24) is 9.78 Å². The Morgan fingerprint density at radius 2 is 1.83 bits per heavy atom. The molecule has 0 fully saturated rings. The fourth-order valence-corrected chi connectivity index (χ4v) is 1.54.